The van der Waals surface area contributed by atoms with E-state index in [4.69, 9.17) is 11.6 Å². The molecule has 1 fully saturated rings. The first kappa shape index (κ1) is 21.0. The average molecular weight is 442 g/mol. The Bertz CT molecular complexity index is 972. The summed E-state index contributed by atoms with van der Waals surface area (Å²) < 4.78 is 0. The lowest BCUT2D eigenvalue weighted by Crippen LogP contribution is -2.44. The largest absolute Gasteiger partial charge is 0.353 e. The van der Waals surface area contributed by atoms with Gasteiger partial charge < -0.3 is 10.2 Å². The van der Waals surface area contributed by atoms with Gasteiger partial charge in [-0.2, -0.15) is 0 Å². The maximum Gasteiger partial charge on any atom is 0.265 e. The van der Waals surface area contributed by atoms with Crippen molar-refractivity contribution in [3.63, 3.8) is 0 Å². The number of halogens is 1. The number of nitrogens with one attached hydrogen (secondary N) is 1. The van der Waals surface area contributed by atoms with Gasteiger partial charge in [0.05, 0.1) is 10.6 Å². The van der Waals surface area contributed by atoms with E-state index in [9.17, 15) is 9.59 Å². The summed E-state index contributed by atoms with van der Waals surface area (Å²) in [6.07, 6.45) is 4.28. The van der Waals surface area contributed by atoms with E-state index in [1.165, 1.54) is 24.6 Å². The molecule has 5 nitrogen and oxygen atoms in total. The fourth-order valence-corrected chi connectivity index (χ4v) is 4.98. The van der Waals surface area contributed by atoms with E-state index in [0.29, 0.717) is 16.5 Å². The Morgan fingerprint density at radius 2 is 1.93 bits per heavy atom. The van der Waals surface area contributed by atoms with Crippen LogP contribution in [-0.4, -0.2) is 49.4 Å². The second kappa shape index (κ2) is 9.69. The highest BCUT2D eigenvalue weighted by atomic mass is 35.5. The van der Waals surface area contributed by atoms with E-state index in [2.05, 4.69) is 10.2 Å². The van der Waals surface area contributed by atoms with Gasteiger partial charge in [0.15, 0.2) is 0 Å². The molecule has 7 heteroatoms. The van der Waals surface area contributed by atoms with Crippen molar-refractivity contribution in [1.29, 1.82) is 0 Å². The van der Waals surface area contributed by atoms with E-state index in [1.54, 1.807) is 11.0 Å². The number of fused-ring (bicyclic) bond motifs is 1. The van der Waals surface area contributed by atoms with Crippen molar-refractivity contribution in [2.75, 3.05) is 37.6 Å². The molecule has 2 aromatic rings. The van der Waals surface area contributed by atoms with Crippen LogP contribution >= 0.6 is 23.4 Å². The van der Waals surface area contributed by atoms with Gasteiger partial charge in [-0.15, -0.1) is 0 Å². The van der Waals surface area contributed by atoms with Gasteiger partial charge in [-0.3, -0.25) is 14.5 Å². The Labute approximate surface area is 186 Å². The van der Waals surface area contributed by atoms with Crippen molar-refractivity contribution >= 4 is 46.9 Å². The van der Waals surface area contributed by atoms with E-state index >= 15 is 0 Å². The molecular weight excluding hydrogens is 418 g/mol. The Morgan fingerprint density at radius 1 is 1.13 bits per heavy atom. The molecular formula is C23H24ClN3O2S. The summed E-state index contributed by atoms with van der Waals surface area (Å²) in [5.74, 6) is -0.320. The van der Waals surface area contributed by atoms with Gasteiger partial charge in [0, 0.05) is 23.0 Å². The standard InChI is InChI=1S/C23H24ClN3O2S/c24-18-7-5-6-17(14-18)15-21-23(29)27(19-8-1-2-9-20(19)30-21)16-22(28)25-10-13-26-11-3-4-12-26/h1-2,5-9,14-15H,3-4,10-13,16H2,(H,25,28)/b21-15+. The molecule has 2 amide bonds. The number of carbonyl (C=O) groups is 2. The second-order valence-corrected chi connectivity index (χ2v) is 8.94. The lowest BCUT2D eigenvalue weighted by molar-refractivity contribution is -0.122. The number of anilines is 1. The quantitative estimate of drug-likeness (QED) is 0.687. The zero-order chi connectivity index (χ0) is 20.9. The number of carbonyl (C=O) groups excluding carboxylic acids is 2. The zero-order valence-electron chi connectivity index (χ0n) is 16.6. The van der Waals surface area contributed by atoms with Crippen molar-refractivity contribution < 1.29 is 9.59 Å². The van der Waals surface area contributed by atoms with Crippen molar-refractivity contribution in [2.45, 2.75) is 17.7 Å². The van der Waals surface area contributed by atoms with Crippen molar-refractivity contribution in [1.82, 2.24) is 10.2 Å². The molecule has 2 aliphatic heterocycles. The van der Waals surface area contributed by atoms with Crippen LogP contribution in [0.15, 0.2) is 58.3 Å². The normalized spacial score (nSPS) is 18.0. The Kier molecular flexibility index (Phi) is 6.77. The summed E-state index contributed by atoms with van der Waals surface area (Å²) in [6.45, 7) is 3.66. The van der Waals surface area contributed by atoms with Crippen molar-refractivity contribution in [3.05, 3.63) is 64.0 Å². The minimum atomic E-state index is -0.173. The van der Waals surface area contributed by atoms with Gasteiger partial charge >= 0.3 is 0 Å². The molecule has 2 aliphatic rings. The van der Waals surface area contributed by atoms with Crippen LogP contribution in [0.1, 0.15) is 18.4 Å². The molecule has 0 aliphatic carbocycles. The van der Waals surface area contributed by atoms with Crippen LogP contribution in [0.4, 0.5) is 5.69 Å². The maximum atomic E-state index is 13.2. The Morgan fingerprint density at radius 3 is 2.73 bits per heavy atom. The lowest BCUT2D eigenvalue weighted by atomic mass is 10.2. The summed E-state index contributed by atoms with van der Waals surface area (Å²) in [4.78, 5) is 31.2. The molecule has 0 unspecified atom stereocenters. The van der Waals surface area contributed by atoms with Gasteiger partial charge in [0.2, 0.25) is 5.91 Å². The van der Waals surface area contributed by atoms with E-state index < -0.39 is 0 Å². The smallest absolute Gasteiger partial charge is 0.265 e. The predicted molar refractivity (Wildman–Crippen MR) is 123 cm³/mol. The van der Waals surface area contributed by atoms with Crippen LogP contribution in [0.5, 0.6) is 0 Å². The number of nitrogens with zero attached hydrogens (tertiary/aromatic N) is 2. The SMILES string of the molecule is O=C(CN1C(=O)/C(=C\c2cccc(Cl)c2)Sc2ccccc21)NCCN1CCCC1. The maximum absolute atomic E-state index is 13.2. The molecule has 1 saturated heterocycles. The predicted octanol–water partition coefficient (Wildman–Crippen LogP) is 4.03. The minimum absolute atomic E-state index is 0.00327. The first-order valence-corrected chi connectivity index (χ1v) is 11.3. The highest BCUT2D eigenvalue weighted by Crippen LogP contribution is 2.41. The third kappa shape index (κ3) is 5.06. The first-order valence-electron chi connectivity index (χ1n) is 10.2. The van der Waals surface area contributed by atoms with Crippen molar-refractivity contribution in [2.24, 2.45) is 0 Å². The van der Waals surface area contributed by atoms with Crippen LogP contribution in [0.2, 0.25) is 5.02 Å². The topological polar surface area (TPSA) is 52.7 Å². The number of likely N-dealkylation sites (tertiary alicyclic amines) is 1. The molecule has 0 bridgehead atoms. The Balaban J connectivity index is 1.49. The number of para-hydroxylation sites is 1. The molecule has 2 heterocycles. The van der Waals surface area contributed by atoms with Gasteiger partial charge in [-0.1, -0.05) is 47.6 Å². The molecule has 2 aromatic carbocycles. The third-order valence-corrected chi connectivity index (χ3v) is 6.54. The molecule has 0 radical (unpaired) electrons. The third-order valence-electron chi connectivity index (χ3n) is 5.23. The van der Waals surface area contributed by atoms with Crippen molar-refractivity contribution in [3.8, 4) is 0 Å². The number of thioether (sulfide) groups is 1. The van der Waals surface area contributed by atoms with E-state index in [0.717, 1.165) is 35.8 Å². The minimum Gasteiger partial charge on any atom is -0.353 e. The average Bonchev–Trinajstić information content (AvgIpc) is 3.25. The van der Waals surface area contributed by atoms with Gasteiger partial charge in [0.1, 0.15) is 6.54 Å². The second-order valence-electron chi connectivity index (χ2n) is 7.42. The highest BCUT2D eigenvalue weighted by Gasteiger charge is 2.30. The molecule has 30 heavy (non-hydrogen) atoms. The van der Waals surface area contributed by atoms with Crippen LogP contribution in [0.25, 0.3) is 6.08 Å². The van der Waals surface area contributed by atoms with E-state index in [-0.39, 0.29) is 18.4 Å². The molecule has 0 saturated carbocycles. The summed E-state index contributed by atoms with van der Waals surface area (Å²) in [5.41, 5.74) is 1.62. The monoisotopic (exact) mass is 441 g/mol. The van der Waals surface area contributed by atoms with Gasteiger partial charge in [-0.05, 0) is 61.8 Å². The summed E-state index contributed by atoms with van der Waals surface area (Å²) >= 11 is 7.51. The molecule has 0 spiro atoms. The van der Waals surface area contributed by atoms with Crippen LogP contribution < -0.4 is 10.2 Å². The molecule has 0 atom stereocenters. The molecule has 0 aromatic heterocycles. The fraction of sp³-hybridized carbons (Fsp3) is 0.304. The fourth-order valence-electron chi connectivity index (χ4n) is 3.73. The number of hydrogen-bond donors (Lipinski definition) is 1. The van der Waals surface area contributed by atoms with Crippen LogP contribution in [0.3, 0.4) is 0 Å². The van der Waals surface area contributed by atoms with E-state index in [1.807, 2.05) is 48.5 Å². The zero-order valence-corrected chi connectivity index (χ0v) is 18.2. The van der Waals surface area contributed by atoms with Crippen LogP contribution in [-0.2, 0) is 9.59 Å². The number of benzene rings is 2. The van der Waals surface area contributed by atoms with Crippen LogP contribution in [0, 0.1) is 0 Å². The van der Waals surface area contributed by atoms with Gasteiger partial charge in [0.25, 0.3) is 5.91 Å². The van der Waals surface area contributed by atoms with Gasteiger partial charge in [-0.25, -0.2) is 0 Å². The molecule has 156 valence electrons. The number of rotatable bonds is 6. The first-order chi connectivity index (χ1) is 14.6. The highest BCUT2D eigenvalue weighted by molar-refractivity contribution is 8.04. The summed E-state index contributed by atoms with van der Waals surface area (Å²) in [5, 5.41) is 3.58. The summed E-state index contributed by atoms with van der Waals surface area (Å²) in [6, 6.07) is 15.1. The number of hydrogen-bond acceptors (Lipinski definition) is 4. The lowest BCUT2D eigenvalue weighted by Gasteiger charge is -2.30. The Hall–Kier alpha value is -2.28. The molecule has 4 rings (SSSR count). The summed E-state index contributed by atoms with van der Waals surface area (Å²) in [7, 11) is 0. The number of amides is 2. The molecule has 1 N–H and O–H groups in total.